The van der Waals surface area contributed by atoms with E-state index in [1.54, 1.807) is 10.6 Å². The van der Waals surface area contributed by atoms with E-state index in [2.05, 4.69) is 10.2 Å². The third kappa shape index (κ3) is 4.53. The van der Waals surface area contributed by atoms with Crippen molar-refractivity contribution in [1.82, 2.24) is 14.8 Å². The molecule has 2 N–H and O–H groups in total. The molecule has 1 aromatic carbocycles. The van der Waals surface area contributed by atoms with Gasteiger partial charge in [0.1, 0.15) is 12.3 Å². The van der Waals surface area contributed by atoms with Crippen LogP contribution in [0.2, 0.25) is 5.02 Å². The molecular formula is C16H15ClN4O2S2. The molecular weight excluding hydrogens is 380 g/mol. The number of thiophene rings is 1. The number of benzene rings is 1. The summed E-state index contributed by atoms with van der Waals surface area (Å²) in [7, 11) is 0. The number of aromatic nitrogens is 3. The van der Waals surface area contributed by atoms with E-state index in [-0.39, 0.29) is 6.54 Å². The van der Waals surface area contributed by atoms with E-state index < -0.39 is 5.91 Å². The number of carbonyl (C=O) groups is 1. The summed E-state index contributed by atoms with van der Waals surface area (Å²) >= 11 is 9.04. The van der Waals surface area contributed by atoms with E-state index in [0.29, 0.717) is 34.1 Å². The van der Waals surface area contributed by atoms with Gasteiger partial charge >= 0.3 is 0 Å². The summed E-state index contributed by atoms with van der Waals surface area (Å²) in [5.74, 6) is 1.48. The average Bonchev–Trinajstić information content (AvgIpc) is 3.23. The van der Waals surface area contributed by atoms with Crippen molar-refractivity contribution in [3.8, 4) is 16.5 Å². The first-order chi connectivity index (χ1) is 12.1. The van der Waals surface area contributed by atoms with Crippen LogP contribution in [0.3, 0.4) is 0 Å². The molecule has 9 heteroatoms. The van der Waals surface area contributed by atoms with Gasteiger partial charge < -0.3 is 10.5 Å². The van der Waals surface area contributed by atoms with Gasteiger partial charge in [-0.1, -0.05) is 41.6 Å². The number of ether oxygens (including phenoxy) is 1. The average molecular weight is 395 g/mol. The molecule has 0 atom stereocenters. The second kappa shape index (κ2) is 8.37. The SMILES string of the molecule is NC(=O)Cn1c(SCCOc2ccccc2Cl)nnc1-c1cccs1. The Kier molecular flexibility index (Phi) is 5.95. The number of primary amides is 1. The van der Waals surface area contributed by atoms with Crippen LogP contribution in [0.1, 0.15) is 0 Å². The highest BCUT2D eigenvalue weighted by molar-refractivity contribution is 7.99. The van der Waals surface area contributed by atoms with Crippen molar-refractivity contribution >= 4 is 40.6 Å². The van der Waals surface area contributed by atoms with Crippen molar-refractivity contribution in [2.75, 3.05) is 12.4 Å². The monoisotopic (exact) mass is 394 g/mol. The summed E-state index contributed by atoms with van der Waals surface area (Å²) in [5, 5.41) is 11.5. The topological polar surface area (TPSA) is 83.0 Å². The van der Waals surface area contributed by atoms with Gasteiger partial charge in [-0.05, 0) is 23.6 Å². The smallest absolute Gasteiger partial charge is 0.237 e. The third-order valence-electron chi connectivity index (χ3n) is 3.18. The second-order valence-corrected chi connectivity index (χ2v) is 7.38. The van der Waals surface area contributed by atoms with Gasteiger partial charge in [0.2, 0.25) is 5.91 Å². The molecule has 0 bridgehead atoms. The number of hydrogen-bond donors (Lipinski definition) is 1. The highest BCUT2D eigenvalue weighted by Gasteiger charge is 2.16. The van der Waals surface area contributed by atoms with Crippen molar-refractivity contribution in [1.29, 1.82) is 0 Å². The molecule has 0 aliphatic heterocycles. The van der Waals surface area contributed by atoms with Crippen molar-refractivity contribution in [2.45, 2.75) is 11.7 Å². The first kappa shape index (κ1) is 17.8. The molecule has 2 aromatic heterocycles. The molecule has 130 valence electrons. The zero-order valence-electron chi connectivity index (χ0n) is 13.1. The van der Waals surface area contributed by atoms with Crippen LogP contribution in [-0.4, -0.2) is 33.0 Å². The van der Waals surface area contributed by atoms with Gasteiger partial charge in [0.05, 0.1) is 16.5 Å². The zero-order chi connectivity index (χ0) is 17.6. The van der Waals surface area contributed by atoms with Crippen molar-refractivity contribution in [3.63, 3.8) is 0 Å². The highest BCUT2D eigenvalue weighted by atomic mass is 35.5. The van der Waals surface area contributed by atoms with Gasteiger partial charge in [-0.25, -0.2) is 0 Å². The lowest BCUT2D eigenvalue weighted by Crippen LogP contribution is -2.20. The van der Waals surface area contributed by atoms with E-state index in [1.165, 1.54) is 23.1 Å². The summed E-state index contributed by atoms with van der Waals surface area (Å²) in [6.45, 7) is 0.486. The number of amides is 1. The van der Waals surface area contributed by atoms with E-state index in [9.17, 15) is 4.79 Å². The maximum atomic E-state index is 11.4. The molecule has 0 saturated carbocycles. The van der Waals surface area contributed by atoms with Crippen LogP contribution in [0.25, 0.3) is 10.7 Å². The molecule has 0 aliphatic carbocycles. The fraction of sp³-hybridized carbons (Fsp3) is 0.188. The minimum atomic E-state index is -0.438. The van der Waals surface area contributed by atoms with Crippen LogP contribution in [0.4, 0.5) is 0 Å². The summed E-state index contributed by atoms with van der Waals surface area (Å²) in [4.78, 5) is 12.3. The molecule has 6 nitrogen and oxygen atoms in total. The fourth-order valence-electron chi connectivity index (χ4n) is 2.13. The Hall–Kier alpha value is -2.03. The van der Waals surface area contributed by atoms with Gasteiger partial charge in [0.25, 0.3) is 0 Å². The number of nitrogens with zero attached hydrogens (tertiary/aromatic N) is 3. The van der Waals surface area contributed by atoms with Gasteiger partial charge in [0, 0.05) is 5.75 Å². The Morgan fingerprint density at radius 2 is 2.12 bits per heavy atom. The predicted molar refractivity (Wildman–Crippen MR) is 100 cm³/mol. The third-order valence-corrected chi connectivity index (χ3v) is 5.29. The molecule has 2 heterocycles. The van der Waals surface area contributed by atoms with Gasteiger partial charge in [-0.2, -0.15) is 0 Å². The van der Waals surface area contributed by atoms with Gasteiger partial charge in [-0.15, -0.1) is 21.5 Å². The molecule has 3 aromatic rings. The molecule has 0 spiro atoms. The summed E-state index contributed by atoms with van der Waals surface area (Å²) in [6, 6.07) is 11.2. The number of thioether (sulfide) groups is 1. The van der Waals surface area contributed by atoms with Crippen LogP contribution in [0.15, 0.2) is 46.9 Å². The van der Waals surface area contributed by atoms with Crippen molar-refractivity contribution in [3.05, 3.63) is 46.8 Å². The number of hydrogen-bond acceptors (Lipinski definition) is 6. The molecule has 0 radical (unpaired) electrons. The van der Waals surface area contributed by atoms with Crippen molar-refractivity contribution in [2.24, 2.45) is 5.73 Å². The number of halogens is 1. The molecule has 1 amide bonds. The molecule has 0 fully saturated rings. The molecule has 0 saturated heterocycles. The lowest BCUT2D eigenvalue weighted by molar-refractivity contribution is -0.118. The molecule has 0 unspecified atom stereocenters. The molecule has 25 heavy (non-hydrogen) atoms. The first-order valence-corrected chi connectivity index (χ1v) is 9.65. The molecule has 0 aliphatic rings. The Labute approximate surface area is 158 Å². The van der Waals surface area contributed by atoms with Crippen LogP contribution in [-0.2, 0) is 11.3 Å². The van der Waals surface area contributed by atoms with E-state index in [4.69, 9.17) is 22.1 Å². The second-order valence-electron chi connectivity index (χ2n) is 4.96. The minimum absolute atomic E-state index is 0.0357. The van der Waals surface area contributed by atoms with E-state index in [0.717, 1.165) is 4.88 Å². The Balaban J connectivity index is 1.66. The Morgan fingerprint density at radius 3 is 2.84 bits per heavy atom. The Bertz CT molecular complexity index is 852. The summed E-state index contributed by atoms with van der Waals surface area (Å²) in [5.41, 5.74) is 5.36. The number of nitrogens with two attached hydrogens (primary N) is 1. The maximum absolute atomic E-state index is 11.4. The van der Waals surface area contributed by atoms with Gasteiger partial charge in [0.15, 0.2) is 11.0 Å². The zero-order valence-corrected chi connectivity index (χ0v) is 15.5. The quantitative estimate of drug-likeness (QED) is 0.468. The number of carbonyl (C=O) groups excluding carboxylic acids is 1. The number of rotatable bonds is 8. The van der Waals surface area contributed by atoms with E-state index in [1.807, 2.05) is 35.7 Å². The standard InChI is InChI=1S/C16H15ClN4O2S2/c17-11-4-1-2-5-12(11)23-7-9-25-16-20-19-15(13-6-3-8-24-13)21(16)10-14(18)22/h1-6,8H,7,9-10H2,(H2,18,22). The number of para-hydroxylation sites is 1. The van der Waals surface area contributed by atoms with Crippen molar-refractivity contribution < 1.29 is 9.53 Å². The van der Waals surface area contributed by atoms with Crippen LogP contribution in [0.5, 0.6) is 5.75 Å². The lowest BCUT2D eigenvalue weighted by atomic mass is 10.3. The minimum Gasteiger partial charge on any atom is -0.491 e. The van der Waals surface area contributed by atoms with Crippen LogP contribution < -0.4 is 10.5 Å². The summed E-state index contributed by atoms with van der Waals surface area (Å²) in [6.07, 6.45) is 0. The Morgan fingerprint density at radius 1 is 1.28 bits per heavy atom. The maximum Gasteiger partial charge on any atom is 0.237 e. The van der Waals surface area contributed by atoms with E-state index >= 15 is 0 Å². The van der Waals surface area contributed by atoms with Crippen LogP contribution >= 0.6 is 34.7 Å². The normalized spacial score (nSPS) is 10.8. The lowest BCUT2D eigenvalue weighted by Gasteiger charge is -2.09. The first-order valence-electron chi connectivity index (χ1n) is 7.40. The predicted octanol–water partition coefficient (Wildman–Crippen LogP) is 3.32. The summed E-state index contributed by atoms with van der Waals surface area (Å²) < 4.78 is 7.39. The fourth-order valence-corrected chi connectivity index (χ4v) is 3.79. The highest BCUT2D eigenvalue weighted by Crippen LogP contribution is 2.28. The molecule has 3 rings (SSSR count). The van der Waals surface area contributed by atoms with Gasteiger partial charge in [-0.3, -0.25) is 9.36 Å². The largest absolute Gasteiger partial charge is 0.491 e. The van der Waals surface area contributed by atoms with Crippen LogP contribution in [0, 0.1) is 0 Å².